The quantitative estimate of drug-likeness (QED) is 0.884. The van der Waals surface area contributed by atoms with E-state index < -0.39 is 18.1 Å². The molecule has 1 aromatic heterocycles. The smallest absolute Gasteiger partial charge is 0.475 e. The van der Waals surface area contributed by atoms with E-state index in [9.17, 15) is 18.0 Å². The third-order valence-corrected chi connectivity index (χ3v) is 1.93. The molecule has 0 aliphatic heterocycles. The summed E-state index contributed by atoms with van der Waals surface area (Å²) in [7, 11) is 0. The Kier molecular flexibility index (Phi) is 2.45. The molecule has 0 spiro atoms. The fourth-order valence-electron chi connectivity index (χ4n) is 1.32. The predicted octanol–water partition coefficient (Wildman–Crippen LogP) is 3.03. The molecule has 0 aliphatic carbocycles. The van der Waals surface area contributed by atoms with Crippen molar-refractivity contribution in [1.82, 2.24) is 0 Å². The number of hydrogen-bond donors (Lipinski definition) is 1. The van der Waals surface area contributed by atoms with Crippen LogP contribution in [0.2, 0.25) is 0 Å². The monoisotopic (exact) mass is 246 g/mol. The van der Waals surface area contributed by atoms with Crippen molar-refractivity contribution in [2.45, 2.75) is 6.36 Å². The van der Waals surface area contributed by atoms with E-state index in [0.717, 1.165) is 18.2 Å². The summed E-state index contributed by atoms with van der Waals surface area (Å²) >= 11 is 0. The molecular formula is C10H5F3O4. The molecule has 0 saturated heterocycles. The van der Waals surface area contributed by atoms with Crippen LogP contribution in [0, 0.1) is 0 Å². The number of carbonyl (C=O) groups is 1. The molecule has 2 aromatic rings. The number of fused-ring (bicyclic) bond motifs is 1. The van der Waals surface area contributed by atoms with Crippen LogP contribution in [-0.2, 0) is 0 Å². The molecule has 0 amide bonds. The van der Waals surface area contributed by atoms with Crippen LogP contribution in [0.25, 0.3) is 11.0 Å². The maximum absolute atomic E-state index is 11.9. The zero-order chi connectivity index (χ0) is 12.6. The minimum Gasteiger partial charge on any atom is -0.475 e. The number of furan rings is 1. The van der Waals surface area contributed by atoms with E-state index >= 15 is 0 Å². The van der Waals surface area contributed by atoms with Crippen LogP contribution in [-0.4, -0.2) is 17.4 Å². The zero-order valence-corrected chi connectivity index (χ0v) is 8.12. The summed E-state index contributed by atoms with van der Waals surface area (Å²) in [6, 6.07) is 4.44. The van der Waals surface area contributed by atoms with E-state index in [2.05, 4.69) is 4.74 Å². The van der Waals surface area contributed by atoms with Gasteiger partial charge in [-0.25, -0.2) is 4.79 Å². The first-order valence-electron chi connectivity index (χ1n) is 4.38. The lowest BCUT2D eigenvalue weighted by Crippen LogP contribution is -2.16. The average Bonchev–Trinajstić information content (AvgIpc) is 2.57. The highest BCUT2D eigenvalue weighted by atomic mass is 19.4. The maximum atomic E-state index is 11.9. The van der Waals surface area contributed by atoms with Crippen molar-refractivity contribution in [1.29, 1.82) is 0 Å². The lowest BCUT2D eigenvalue weighted by atomic mass is 10.2. The van der Waals surface area contributed by atoms with Crippen LogP contribution in [0.15, 0.2) is 28.7 Å². The zero-order valence-electron chi connectivity index (χ0n) is 8.12. The van der Waals surface area contributed by atoms with Gasteiger partial charge in [0.15, 0.2) is 0 Å². The summed E-state index contributed by atoms with van der Waals surface area (Å²) in [6.45, 7) is 0. The predicted molar refractivity (Wildman–Crippen MR) is 49.9 cm³/mol. The molecule has 2 rings (SSSR count). The van der Waals surface area contributed by atoms with Crippen molar-refractivity contribution in [3.05, 3.63) is 30.0 Å². The Bertz CT molecular complexity index is 570. The van der Waals surface area contributed by atoms with Gasteiger partial charge in [0.05, 0.1) is 0 Å². The van der Waals surface area contributed by atoms with Gasteiger partial charge >= 0.3 is 12.3 Å². The first-order chi connectivity index (χ1) is 7.85. The first-order valence-corrected chi connectivity index (χ1v) is 4.38. The third kappa shape index (κ3) is 2.49. The van der Waals surface area contributed by atoms with Crippen LogP contribution < -0.4 is 4.74 Å². The fraction of sp³-hybridized carbons (Fsp3) is 0.100. The summed E-state index contributed by atoms with van der Waals surface area (Å²) in [4.78, 5) is 10.6. The van der Waals surface area contributed by atoms with E-state index in [-0.39, 0.29) is 16.7 Å². The van der Waals surface area contributed by atoms with Crippen molar-refractivity contribution < 1.29 is 32.2 Å². The number of carboxylic acids is 1. The summed E-state index contributed by atoms with van der Waals surface area (Å²) in [5.41, 5.74) is 0.178. The second-order valence-corrected chi connectivity index (χ2v) is 3.16. The number of hydrogen-bond acceptors (Lipinski definition) is 3. The van der Waals surface area contributed by atoms with Gasteiger partial charge in [0.2, 0.25) is 5.76 Å². The highest BCUT2D eigenvalue weighted by Crippen LogP contribution is 2.28. The Morgan fingerprint density at radius 3 is 2.59 bits per heavy atom. The van der Waals surface area contributed by atoms with Crippen LogP contribution in [0.5, 0.6) is 5.75 Å². The largest absolute Gasteiger partial charge is 0.573 e. The van der Waals surface area contributed by atoms with Gasteiger partial charge in [-0.15, -0.1) is 13.2 Å². The topological polar surface area (TPSA) is 59.7 Å². The fourth-order valence-corrected chi connectivity index (χ4v) is 1.32. The lowest BCUT2D eigenvalue weighted by Gasteiger charge is -2.07. The Hall–Kier alpha value is -2.18. The SMILES string of the molecule is O=C(O)c1cc2cc(OC(F)(F)F)ccc2o1. The molecule has 4 nitrogen and oxygen atoms in total. The molecule has 17 heavy (non-hydrogen) atoms. The number of halogens is 3. The lowest BCUT2D eigenvalue weighted by molar-refractivity contribution is -0.274. The van der Waals surface area contributed by atoms with Crippen molar-refractivity contribution in [2.75, 3.05) is 0 Å². The molecular weight excluding hydrogens is 241 g/mol. The van der Waals surface area contributed by atoms with Crippen molar-refractivity contribution in [3.8, 4) is 5.75 Å². The summed E-state index contributed by atoms with van der Waals surface area (Å²) < 4.78 is 44.4. The number of benzene rings is 1. The van der Waals surface area contributed by atoms with Gasteiger partial charge in [-0.1, -0.05) is 0 Å². The van der Waals surface area contributed by atoms with Crippen LogP contribution in [0.4, 0.5) is 13.2 Å². The van der Waals surface area contributed by atoms with Gasteiger partial charge in [0.25, 0.3) is 0 Å². The number of ether oxygens (including phenoxy) is 1. The Morgan fingerprint density at radius 1 is 1.29 bits per heavy atom. The Morgan fingerprint density at radius 2 is 2.00 bits per heavy atom. The van der Waals surface area contributed by atoms with Gasteiger partial charge in [0, 0.05) is 5.39 Å². The average molecular weight is 246 g/mol. The normalized spacial score (nSPS) is 11.7. The van der Waals surface area contributed by atoms with E-state index in [1.165, 1.54) is 6.07 Å². The second kappa shape index (κ2) is 3.69. The van der Waals surface area contributed by atoms with Gasteiger partial charge in [-0.3, -0.25) is 0 Å². The highest BCUT2D eigenvalue weighted by molar-refractivity contribution is 5.91. The number of alkyl halides is 3. The second-order valence-electron chi connectivity index (χ2n) is 3.16. The van der Waals surface area contributed by atoms with Gasteiger partial charge in [-0.2, -0.15) is 0 Å². The molecule has 1 heterocycles. The molecule has 0 radical (unpaired) electrons. The molecule has 0 saturated carbocycles. The standard InChI is InChI=1S/C10H5F3O4/c11-10(12,13)17-6-1-2-7-5(3-6)4-8(16-7)9(14)15/h1-4H,(H,14,15). The van der Waals surface area contributed by atoms with Crippen molar-refractivity contribution in [3.63, 3.8) is 0 Å². The summed E-state index contributed by atoms with van der Waals surface area (Å²) in [6.07, 6.45) is -4.78. The molecule has 1 aromatic carbocycles. The minimum atomic E-state index is -4.78. The van der Waals surface area contributed by atoms with Crippen LogP contribution >= 0.6 is 0 Å². The van der Waals surface area contributed by atoms with E-state index in [1.807, 2.05) is 0 Å². The molecule has 1 N–H and O–H groups in total. The van der Waals surface area contributed by atoms with E-state index in [0.29, 0.717) is 0 Å². The molecule has 0 atom stereocenters. The van der Waals surface area contributed by atoms with E-state index in [1.54, 1.807) is 0 Å². The van der Waals surface area contributed by atoms with Crippen molar-refractivity contribution in [2.24, 2.45) is 0 Å². The Balaban J connectivity index is 2.40. The van der Waals surface area contributed by atoms with Gasteiger partial charge < -0.3 is 14.3 Å². The van der Waals surface area contributed by atoms with Gasteiger partial charge in [-0.05, 0) is 24.3 Å². The van der Waals surface area contributed by atoms with Crippen LogP contribution in [0.3, 0.4) is 0 Å². The molecule has 90 valence electrons. The molecule has 0 fully saturated rings. The van der Waals surface area contributed by atoms with Gasteiger partial charge in [0.1, 0.15) is 11.3 Å². The van der Waals surface area contributed by atoms with E-state index in [4.69, 9.17) is 9.52 Å². The van der Waals surface area contributed by atoms with Crippen molar-refractivity contribution >= 4 is 16.9 Å². The molecule has 0 bridgehead atoms. The Labute approximate surface area is 92.2 Å². The summed E-state index contributed by atoms with van der Waals surface area (Å²) in [5.74, 6) is -2.06. The van der Waals surface area contributed by atoms with Crippen LogP contribution in [0.1, 0.15) is 10.6 Å². The minimum absolute atomic E-state index is 0.178. The maximum Gasteiger partial charge on any atom is 0.573 e. The number of rotatable bonds is 2. The first kappa shape index (κ1) is 11.3. The summed E-state index contributed by atoms with van der Waals surface area (Å²) in [5, 5.41) is 8.86. The molecule has 0 aliphatic rings. The molecule has 0 unspecified atom stereocenters. The number of aromatic carboxylic acids is 1. The number of carboxylic acid groups (broad SMARTS) is 1. The third-order valence-electron chi connectivity index (χ3n) is 1.93. The molecule has 7 heteroatoms. The highest BCUT2D eigenvalue weighted by Gasteiger charge is 2.31.